The topological polar surface area (TPSA) is 58.7 Å². The molecule has 3 aliphatic rings. The number of rotatable bonds is 4. The zero-order chi connectivity index (χ0) is 15.6. The summed E-state index contributed by atoms with van der Waals surface area (Å²) in [5.41, 5.74) is 5.47. The molecule has 1 aliphatic heterocycles. The first kappa shape index (κ1) is 15.8. The maximum absolute atomic E-state index is 12.9. The lowest BCUT2D eigenvalue weighted by Gasteiger charge is -2.35. The number of nitrogens with two attached hydrogens (primary N) is 1. The van der Waals surface area contributed by atoms with Gasteiger partial charge in [0.2, 0.25) is 0 Å². The van der Waals surface area contributed by atoms with Crippen LogP contribution in [0.25, 0.3) is 0 Å². The van der Waals surface area contributed by atoms with E-state index in [9.17, 15) is 4.79 Å². The summed E-state index contributed by atoms with van der Waals surface area (Å²) in [5.74, 6) is 1.89. The van der Waals surface area contributed by atoms with Crippen molar-refractivity contribution in [1.82, 2.24) is 4.90 Å². The Morgan fingerprint density at radius 2 is 1.45 bits per heavy atom. The van der Waals surface area contributed by atoms with Gasteiger partial charge in [0, 0.05) is 7.05 Å². The molecule has 22 heavy (non-hydrogen) atoms. The third-order valence-corrected chi connectivity index (χ3v) is 6.08. The number of likely N-dealkylation sites (N-methyl/N-ethyl adjacent to an activating group) is 1. The summed E-state index contributed by atoms with van der Waals surface area (Å²) < 4.78 is 0. The summed E-state index contributed by atoms with van der Waals surface area (Å²) in [7, 11) is 1.78. The Morgan fingerprint density at radius 1 is 1.00 bits per heavy atom. The molecule has 0 atom stereocenters. The predicted octanol–water partition coefficient (Wildman–Crippen LogP) is 3.45. The third-order valence-electron chi connectivity index (χ3n) is 6.08. The zero-order valence-electron chi connectivity index (χ0n) is 14.0. The van der Waals surface area contributed by atoms with Crippen molar-refractivity contribution in [3.05, 3.63) is 0 Å². The van der Waals surface area contributed by atoms with E-state index in [0.717, 1.165) is 12.8 Å². The van der Waals surface area contributed by atoms with Crippen LogP contribution in [0.1, 0.15) is 77.0 Å². The van der Waals surface area contributed by atoms with Gasteiger partial charge in [0.15, 0.2) is 5.96 Å². The number of amides is 1. The number of carbonyl (C=O) groups excluding carboxylic acids is 1. The van der Waals surface area contributed by atoms with E-state index >= 15 is 0 Å². The lowest BCUT2D eigenvalue weighted by Crippen LogP contribution is -2.44. The van der Waals surface area contributed by atoms with Crippen molar-refractivity contribution < 1.29 is 4.79 Å². The van der Waals surface area contributed by atoms with Crippen LogP contribution in [0.5, 0.6) is 0 Å². The Morgan fingerprint density at radius 3 is 1.82 bits per heavy atom. The molecule has 0 spiro atoms. The molecule has 1 heterocycles. The molecule has 0 bridgehead atoms. The first-order valence-electron chi connectivity index (χ1n) is 9.24. The van der Waals surface area contributed by atoms with Crippen molar-refractivity contribution >= 4 is 11.9 Å². The number of guanidine groups is 1. The lowest BCUT2D eigenvalue weighted by atomic mass is 9.73. The predicted molar refractivity (Wildman–Crippen MR) is 89.5 cm³/mol. The Balaban J connectivity index is 1.77. The smallest absolute Gasteiger partial charge is 0.257 e. The Hall–Kier alpha value is -1.06. The van der Waals surface area contributed by atoms with E-state index in [1.54, 1.807) is 11.9 Å². The monoisotopic (exact) mass is 305 g/mol. The molecule has 2 saturated carbocycles. The van der Waals surface area contributed by atoms with E-state index in [-0.39, 0.29) is 5.91 Å². The van der Waals surface area contributed by atoms with Gasteiger partial charge in [-0.25, -0.2) is 4.99 Å². The highest BCUT2D eigenvalue weighted by Crippen LogP contribution is 2.41. The molecule has 0 saturated heterocycles. The van der Waals surface area contributed by atoms with Crippen LogP contribution in [-0.2, 0) is 4.79 Å². The number of nitrogens with zero attached hydrogens (tertiary/aromatic N) is 2. The van der Waals surface area contributed by atoms with Gasteiger partial charge in [0.05, 0.1) is 0 Å². The Kier molecular flexibility index (Phi) is 4.74. The highest BCUT2D eigenvalue weighted by atomic mass is 16.2. The van der Waals surface area contributed by atoms with Crippen LogP contribution in [0.4, 0.5) is 0 Å². The van der Waals surface area contributed by atoms with Gasteiger partial charge in [-0.3, -0.25) is 9.69 Å². The van der Waals surface area contributed by atoms with Gasteiger partial charge in [-0.15, -0.1) is 0 Å². The number of aliphatic imine (C=N–C) groups is 1. The summed E-state index contributed by atoms with van der Waals surface area (Å²) in [4.78, 5) is 19.2. The molecule has 0 radical (unpaired) electrons. The molecule has 3 rings (SSSR count). The summed E-state index contributed by atoms with van der Waals surface area (Å²) in [6.45, 7) is 0. The third kappa shape index (κ3) is 3.16. The molecule has 0 unspecified atom stereocenters. The second-order valence-corrected chi connectivity index (χ2v) is 7.78. The molecule has 0 aromatic rings. The lowest BCUT2D eigenvalue weighted by molar-refractivity contribution is -0.131. The number of hydrogen-bond acceptors (Lipinski definition) is 3. The molecular formula is C18H31N3O. The van der Waals surface area contributed by atoms with Gasteiger partial charge in [-0.1, -0.05) is 64.2 Å². The average Bonchev–Trinajstić information content (AvgIpc) is 2.73. The molecule has 1 amide bonds. The van der Waals surface area contributed by atoms with Crippen LogP contribution in [0.2, 0.25) is 0 Å². The fourth-order valence-electron chi connectivity index (χ4n) is 4.85. The minimum atomic E-state index is -0.539. The molecule has 124 valence electrons. The van der Waals surface area contributed by atoms with Gasteiger partial charge >= 0.3 is 0 Å². The Bertz CT molecular complexity index is 414. The first-order valence-corrected chi connectivity index (χ1v) is 9.24. The fraction of sp³-hybridized carbons (Fsp3) is 0.889. The van der Waals surface area contributed by atoms with Gasteiger partial charge in [-0.05, 0) is 24.7 Å². The SMILES string of the molecule is CN1C(=O)C(CC2CCCCC2)(CC2CCCCC2)N=C1N. The summed E-state index contributed by atoms with van der Waals surface area (Å²) >= 11 is 0. The molecular weight excluding hydrogens is 274 g/mol. The molecule has 2 N–H and O–H groups in total. The maximum Gasteiger partial charge on any atom is 0.257 e. The van der Waals surface area contributed by atoms with Gasteiger partial charge in [-0.2, -0.15) is 0 Å². The van der Waals surface area contributed by atoms with Crippen molar-refractivity contribution in [3.63, 3.8) is 0 Å². The second-order valence-electron chi connectivity index (χ2n) is 7.78. The minimum Gasteiger partial charge on any atom is -0.369 e. The van der Waals surface area contributed by atoms with Crippen molar-refractivity contribution in [3.8, 4) is 0 Å². The van der Waals surface area contributed by atoms with Gasteiger partial charge in [0.1, 0.15) is 5.54 Å². The van der Waals surface area contributed by atoms with Crippen LogP contribution in [-0.4, -0.2) is 29.4 Å². The zero-order valence-corrected chi connectivity index (χ0v) is 14.0. The van der Waals surface area contributed by atoms with Crippen LogP contribution < -0.4 is 5.73 Å². The summed E-state index contributed by atoms with van der Waals surface area (Å²) in [6, 6.07) is 0. The van der Waals surface area contributed by atoms with E-state index in [0.29, 0.717) is 17.8 Å². The standard InChI is InChI=1S/C18H31N3O/c1-21-16(22)18(20-17(21)19,12-14-8-4-2-5-9-14)13-15-10-6-3-7-11-15/h14-15H,2-13H2,1H3,(H2,19,20). The van der Waals surface area contributed by atoms with Crippen molar-refractivity contribution in [2.45, 2.75) is 82.6 Å². The summed E-state index contributed by atoms with van der Waals surface area (Å²) in [6.07, 6.45) is 14.9. The summed E-state index contributed by atoms with van der Waals surface area (Å²) in [5, 5.41) is 0. The van der Waals surface area contributed by atoms with E-state index in [2.05, 4.69) is 0 Å². The highest BCUT2D eigenvalue weighted by Gasteiger charge is 2.48. The molecule has 2 aliphatic carbocycles. The normalized spacial score (nSPS) is 27.2. The number of hydrogen-bond donors (Lipinski definition) is 1. The molecule has 2 fully saturated rings. The van der Waals surface area contributed by atoms with Crippen molar-refractivity contribution in [1.29, 1.82) is 0 Å². The average molecular weight is 305 g/mol. The van der Waals surface area contributed by atoms with Gasteiger partial charge < -0.3 is 5.73 Å². The van der Waals surface area contributed by atoms with Crippen LogP contribution in [0.3, 0.4) is 0 Å². The Labute approximate surface area is 134 Å². The first-order chi connectivity index (χ1) is 10.6. The second kappa shape index (κ2) is 6.59. The maximum atomic E-state index is 12.9. The van der Waals surface area contributed by atoms with Crippen LogP contribution >= 0.6 is 0 Å². The van der Waals surface area contributed by atoms with Crippen molar-refractivity contribution in [2.24, 2.45) is 22.6 Å². The van der Waals surface area contributed by atoms with E-state index in [1.165, 1.54) is 64.2 Å². The molecule has 4 nitrogen and oxygen atoms in total. The number of carbonyl (C=O) groups is 1. The van der Waals surface area contributed by atoms with E-state index in [1.807, 2.05) is 0 Å². The van der Waals surface area contributed by atoms with Gasteiger partial charge in [0.25, 0.3) is 5.91 Å². The van der Waals surface area contributed by atoms with Crippen LogP contribution in [0.15, 0.2) is 4.99 Å². The van der Waals surface area contributed by atoms with E-state index in [4.69, 9.17) is 10.7 Å². The molecule has 4 heteroatoms. The molecule has 0 aromatic carbocycles. The highest BCUT2D eigenvalue weighted by molar-refractivity contribution is 6.06. The minimum absolute atomic E-state index is 0.154. The molecule has 0 aromatic heterocycles. The van der Waals surface area contributed by atoms with Crippen LogP contribution in [0, 0.1) is 11.8 Å². The fourth-order valence-corrected chi connectivity index (χ4v) is 4.85. The quantitative estimate of drug-likeness (QED) is 0.864. The largest absolute Gasteiger partial charge is 0.369 e. The van der Waals surface area contributed by atoms with Crippen molar-refractivity contribution in [2.75, 3.05) is 7.05 Å². The van der Waals surface area contributed by atoms with E-state index < -0.39 is 5.54 Å².